The number of aryl methyl sites for hydroxylation is 2. The second-order valence-corrected chi connectivity index (χ2v) is 7.24. The van der Waals surface area contributed by atoms with Gasteiger partial charge in [-0.15, -0.1) is 11.8 Å². The minimum atomic E-state index is -0.204. The number of benzene rings is 2. The molecule has 110 valence electrons. The third-order valence-electron chi connectivity index (χ3n) is 3.20. The van der Waals surface area contributed by atoms with Crippen LogP contribution in [-0.4, -0.2) is 11.0 Å². The van der Waals surface area contributed by atoms with Crippen LogP contribution in [0.1, 0.15) is 28.4 Å². The molecule has 21 heavy (non-hydrogen) atoms. The Kier molecular flexibility index (Phi) is 5.37. The minimum Gasteiger partial charge on any atom is -0.293 e. The Balaban J connectivity index is 2.19. The van der Waals surface area contributed by atoms with Crippen molar-refractivity contribution in [2.75, 3.05) is 0 Å². The Morgan fingerprint density at radius 2 is 1.81 bits per heavy atom. The fraction of sp³-hybridized carbons (Fsp3) is 0.235. The van der Waals surface area contributed by atoms with Crippen LogP contribution in [0.2, 0.25) is 10.0 Å². The van der Waals surface area contributed by atoms with Crippen molar-refractivity contribution >= 4 is 40.7 Å². The van der Waals surface area contributed by atoms with E-state index in [2.05, 4.69) is 32.0 Å². The van der Waals surface area contributed by atoms with E-state index >= 15 is 0 Å². The van der Waals surface area contributed by atoms with E-state index in [0.717, 1.165) is 4.90 Å². The van der Waals surface area contributed by atoms with Gasteiger partial charge in [0.2, 0.25) is 0 Å². The summed E-state index contributed by atoms with van der Waals surface area (Å²) in [6.45, 7) is 6.02. The third kappa shape index (κ3) is 4.03. The third-order valence-corrected chi connectivity index (χ3v) is 5.03. The summed E-state index contributed by atoms with van der Waals surface area (Å²) in [6, 6.07) is 11.2. The molecule has 2 rings (SSSR count). The van der Waals surface area contributed by atoms with Gasteiger partial charge in [-0.2, -0.15) is 0 Å². The van der Waals surface area contributed by atoms with Gasteiger partial charge in [0, 0.05) is 15.5 Å². The number of carbonyl (C=O) groups is 1. The van der Waals surface area contributed by atoms with Crippen LogP contribution in [0.5, 0.6) is 0 Å². The summed E-state index contributed by atoms with van der Waals surface area (Å²) >= 11 is 13.5. The van der Waals surface area contributed by atoms with E-state index in [1.165, 1.54) is 11.1 Å². The molecule has 1 nitrogen and oxygen atoms in total. The number of halogens is 2. The molecular formula is C17H16Cl2OS. The molecule has 0 aliphatic heterocycles. The van der Waals surface area contributed by atoms with Crippen LogP contribution in [0.15, 0.2) is 41.3 Å². The second-order valence-electron chi connectivity index (χ2n) is 5.02. The first-order valence-electron chi connectivity index (χ1n) is 6.61. The average Bonchev–Trinajstić information content (AvgIpc) is 2.41. The number of Topliss-reactive ketones (excluding diaryl/α,β-unsaturated/α-hetero) is 1. The zero-order chi connectivity index (χ0) is 15.6. The highest BCUT2D eigenvalue weighted by Gasteiger charge is 2.19. The Bertz CT molecular complexity index is 682. The molecule has 0 fully saturated rings. The van der Waals surface area contributed by atoms with Crippen LogP contribution in [0.3, 0.4) is 0 Å². The molecule has 1 atom stereocenters. The fourth-order valence-corrected chi connectivity index (χ4v) is 3.59. The van der Waals surface area contributed by atoms with E-state index in [0.29, 0.717) is 15.6 Å². The van der Waals surface area contributed by atoms with Crippen molar-refractivity contribution in [2.45, 2.75) is 30.9 Å². The fourth-order valence-electron chi connectivity index (χ4n) is 2.08. The van der Waals surface area contributed by atoms with Gasteiger partial charge in [-0.25, -0.2) is 0 Å². The predicted octanol–water partition coefficient (Wildman–Crippen LogP) is 5.97. The van der Waals surface area contributed by atoms with Crippen molar-refractivity contribution < 1.29 is 4.79 Å². The first kappa shape index (κ1) is 16.4. The molecule has 0 N–H and O–H groups in total. The number of carbonyl (C=O) groups excluding carboxylic acids is 1. The van der Waals surface area contributed by atoms with Gasteiger partial charge < -0.3 is 0 Å². The van der Waals surface area contributed by atoms with E-state index < -0.39 is 0 Å². The first-order chi connectivity index (χ1) is 9.88. The van der Waals surface area contributed by atoms with Crippen molar-refractivity contribution in [3.63, 3.8) is 0 Å². The summed E-state index contributed by atoms with van der Waals surface area (Å²) in [6.07, 6.45) is 0. The highest BCUT2D eigenvalue weighted by molar-refractivity contribution is 8.00. The maximum atomic E-state index is 12.5. The predicted molar refractivity (Wildman–Crippen MR) is 92.0 cm³/mol. The van der Waals surface area contributed by atoms with Gasteiger partial charge in [0.25, 0.3) is 0 Å². The highest BCUT2D eigenvalue weighted by Crippen LogP contribution is 2.31. The Morgan fingerprint density at radius 3 is 2.43 bits per heavy atom. The number of hydrogen-bond acceptors (Lipinski definition) is 2. The molecular weight excluding hydrogens is 323 g/mol. The molecule has 0 spiro atoms. The smallest absolute Gasteiger partial charge is 0.177 e. The standard InChI is InChI=1S/C17H16Cl2OS/c1-10-4-7-16(11(2)8-10)21-12(3)17(20)14-6-5-13(18)9-15(14)19/h4-9,12H,1-3H3. The molecule has 0 radical (unpaired) electrons. The van der Waals surface area contributed by atoms with Crippen molar-refractivity contribution in [2.24, 2.45) is 0 Å². The lowest BCUT2D eigenvalue weighted by atomic mass is 10.1. The van der Waals surface area contributed by atoms with E-state index in [4.69, 9.17) is 23.2 Å². The largest absolute Gasteiger partial charge is 0.293 e. The quantitative estimate of drug-likeness (QED) is 0.504. The monoisotopic (exact) mass is 338 g/mol. The van der Waals surface area contributed by atoms with Gasteiger partial charge in [0.1, 0.15) is 0 Å². The van der Waals surface area contributed by atoms with Crippen molar-refractivity contribution in [1.29, 1.82) is 0 Å². The lowest BCUT2D eigenvalue weighted by Crippen LogP contribution is -2.14. The summed E-state index contributed by atoms with van der Waals surface area (Å²) in [7, 11) is 0. The summed E-state index contributed by atoms with van der Waals surface area (Å²) < 4.78 is 0. The normalized spacial score (nSPS) is 12.2. The summed E-state index contributed by atoms with van der Waals surface area (Å²) in [5.74, 6) is 0.0154. The molecule has 0 bridgehead atoms. The topological polar surface area (TPSA) is 17.1 Å². The lowest BCUT2D eigenvalue weighted by molar-refractivity contribution is 0.0994. The van der Waals surface area contributed by atoms with E-state index in [1.807, 2.05) is 6.92 Å². The highest BCUT2D eigenvalue weighted by atomic mass is 35.5. The summed E-state index contributed by atoms with van der Waals surface area (Å²) in [4.78, 5) is 13.6. The molecule has 0 aliphatic rings. The van der Waals surface area contributed by atoms with Gasteiger partial charge in [-0.1, -0.05) is 40.9 Å². The molecule has 0 saturated carbocycles. The van der Waals surface area contributed by atoms with Gasteiger partial charge in [0.05, 0.1) is 10.3 Å². The Hall–Kier alpha value is -0.960. The molecule has 0 amide bonds. The molecule has 2 aromatic rings. The number of rotatable bonds is 4. The molecule has 0 aromatic heterocycles. The number of ketones is 1. The van der Waals surface area contributed by atoms with E-state index in [1.54, 1.807) is 30.0 Å². The molecule has 0 saturated heterocycles. The number of thioether (sulfide) groups is 1. The van der Waals surface area contributed by atoms with E-state index in [9.17, 15) is 4.79 Å². The zero-order valence-corrected chi connectivity index (χ0v) is 14.4. The van der Waals surface area contributed by atoms with Crippen molar-refractivity contribution in [1.82, 2.24) is 0 Å². The van der Waals surface area contributed by atoms with Crippen LogP contribution in [-0.2, 0) is 0 Å². The first-order valence-corrected chi connectivity index (χ1v) is 8.25. The zero-order valence-electron chi connectivity index (χ0n) is 12.1. The van der Waals surface area contributed by atoms with Gasteiger partial charge in [-0.3, -0.25) is 4.79 Å². The van der Waals surface area contributed by atoms with Gasteiger partial charge in [-0.05, 0) is 50.6 Å². The Morgan fingerprint density at radius 1 is 1.10 bits per heavy atom. The van der Waals surface area contributed by atoms with Crippen LogP contribution in [0.25, 0.3) is 0 Å². The number of hydrogen-bond donors (Lipinski definition) is 0. The molecule has 1 unspecified atom stereocenters. The van der Waals surface area contributed by atoms with Gasteiger partial charge >= 0.3 is 0 Å². The second kappa shape index (κ2) is 6.87. The van der Waals surface area contributed by atoms with Gasteiger partial charge in [0.15, 0.2) is 5.78 Å². The molecule has 4 heteroatoms. The minimum absolute atomic E-state index is 0.0154. The average molecular weight is 339 g/mol. The molecule has 0 aliphatic carbocycles. The van der Waals surface area contributed by atoms with Crippen LogP contribution >= 0.6 is 35.0 Å². The van der Waals surface area contributed by atoms with Crippen molar-refractivity contribution in [3.8, 4) is 0 Å². The maximum Gasteiger partial charge on any atom is 0.177 e. The Labute approximate surface area is 139 Å². The SMILES string of the molecule is Cc1ccc(SC(C)C(=O)c2ccc(Cl)cc2Cl)c(C)c1. The van der Waals surface area contributed by atoms with Crippen LogP contribution < -0.4 is 0 Å². The molecule has 2 aromatic carbocycles. The van der Waals surface area contributed by atoms with Crippen LogP contribution in [0.4, 0.5) is 0 Å². The summed E-state index contributed by atoms with van der Waals surface area (Å²) in [5, 5.41) is 0.733. The summed E-state index contributed by atoms with van der Waals surface area (Å²) in [5.41, 5.74) is 2.92. The van der Waals surface area contributed by atoms with Crippen molar-refractivity contribution in [3.05, 3.63) is 63.1 Å². The van der Waals surface area contributed by atoms with E-state index in [-0.39, 0.29) is 11.0 Å². The molecule has 0 heterocycles. The maximum absolute atomic E-state index is 12.5. The lowest BCUT2D eigenvalue weighted by Gasteiger charge is -2.13. The van der Waals surface area contributed by atoms with Crippen LogP contribution in [0, 0.1) is 13.8 Å².